The van der Waals surface area contributed by atoms with Crippen LogP contribution in [-0.4, -0.2) is 47.3 Å². The van der Waals surface area contributed by atoms with E-state index in [0.717, 1.165) is 21.7 Å². The predicted molar refractivity (Wildman–Crippen MR) is 129 cm³/mol. The van der Waals surface area contributed by atoms with E-state index in [0.29, 0.717) is 0 Å². The van der Waals surface area contributed by atoms with Crippen LogP contribution in [0.2, 0.25) is 0 Å². The number of aliphatic carboxylic acids is 1. The van der Waals surface area contributed by atoms with Crippen LogP contribution in [0.1, 0.15) is 16.7 Å². The van der Waals surface area contributed by atoms with Crippen LogP contribution in [0, 0.1) is 0 Å². The molecular formula is C27H28N2O6. The molecule has 35 heavy (non-hydrogen) atoms. The third-order valence-electron chi connectivity index (χ3n) is 5.33. The van der Waals surface area contributed by atoms with Crippen molar-refractivity contribution in [2.24, 2.45) is 0 Å². The summed E-state index contributed by atoms with van der Waals surface area (Å²) in [5, 5.41) is 10.8. The molecule has 8 heteroatoms. The first-order valence-corrected chi connectivity index (χ1v) is 11.1. The molecule has 3 aromatic carbocycles. The number of carbonyl (C=O) groups is 3. The lowest BCUT2D eigenvalue weighted by molar-refractivity contribution is -0.150. The number of ether oxygens (including phenoxy) is 2. The quantitative estimate of drug-likeness (QED) is 0.322. The van der Waals surface area contributed by atoms with Gasteiger partial charge in [-0.3, -0.25) is 4.79 Å². The maximum atomic E-state index is 13.2. The van der Waals surface area contributed by atoms with Crippen molar-refractivity contribution < 1.29 is 29.0 Å². The topological polar surface area (TPSA) is 105 Å². The van der Waals surface area contributed by atoms with Crippen molar-refractivity contribution in [3.05, 3.63) is 108 Å². The van der Waals surface area contributed by atoms with Gasteiger partial charge in [0.15, 0.2) is 6.04 Å². The molecule has 0 saturated carbocycles. The molecule has 0 saturated heterocycles. The SMILES string of the molecule is COC(=O)[C@H](Cc1ccccc1)N(N[C@@H](Cc1ccccc1)C(=O)O)C(=O)OCc1ccccc1. The number of benzene rings is 3. The van der Waals surface area contributed by atoms with Gasteiger partial charge >= 0.3 is 18.0 Å². The van der Waals surface area contributed by atoms with Gasteiger partial charge < -0.3 is 14.6 Å². The Morgan fingerprint density at radius 2 is 1.29 bits per heavy atom. The highest BCUT2D eigenvalue weighted by molar-refractivity contribution is 5.82. The molecule has 0 heterocycles. The third kappa shape index (κ3) is 7.68. The first-order valence-electron chi connectivity index (χ1n) is 11.1. The van der Waals surface area contributed by atoms with Gasteiger partial charge in [0.2, 0.25) is 0 Å². The number of carboxylic acid groups (broad SMARTS) is 1. The molecule has 0 aromatic heterocycles. The third-order valence-corrected chi connectivity index (χ3v) is 5.33. The van der Waals surface area contributed by atoms with Crippen molar-refractivity contribution in [1.82, 2.24) is 10.4 Å². The number of carboxylic acids is 1. The van der Waals surface area contributed by atoms with Gasteiger partial charge in [-0.2, -0.15) is 0 Å². The van der Waals surface area contributed by atoms with Gasteiger partial charge in [0.25, 0.3) is 0 Å². The minimum Gasteiger partial charge on any atom is -0.480 e. The van der Waals surface area contributed by atoms with E-state index in [4.69, 9.17) is 9.47 Å². The Morgan fingerprint density at radius 3 is 1.77 bits per heavy atom. The molecule has 0 fully saturated rings. The number of hydrogen-bond acceptors (Lipinski definition) is 6. The molecule has 0 aliphatic rings. The normalized spacial score (nSPS) is 12.3. The van der Waals surface area contributed by atoms with Gasteiger partial charge in [-0.1, -0.05) is 91.0 Å². The smallest absolute Gasteiger partial charge is 0.425 e. The highest BCUT2D eigenvalue weighted by atomic mass is 16.6. The number of carbonyl (C=O) groups excluding carboxylic acids is 2. The molecule has 3 rings (SSSR count). The lowest BCUT2D eigenvalue weighted by Crippen LogP contribution is -2.59. The van der Waals surface area contributed by atoms with Gasteiger partial charge in [0, 0.05) is 12.8 Å². The summed E-state index contributed by atoms with van der Waals surface area (Å²) in [5.41, 5.74) is 5.00. The van der Waals surface area contributed by atoms with Crippen molar-refractivity contribution in [2.45, 2.75) is 31.5 Å². The van der Waals surface area contributed by atoms with Crippen LogP contribution in [0.15, 0.2) is 91.0 Å². The number of hydrazine groups is 1. The largest absolute Gasteiger partial charge is 0.480 e. The molecule has 0 aliphatic heterocycles. The van der Waals surface area contributed by atoms with Crippen LogP contribution < -0.4 is 5.43 Å². The number of nitrogens with one attached hydrogen (secondary N) is 1. The zero-order chi connectivity index (χ0) is 25.0. The summed E-state index contributed by atoms with van der Waals surface area (Å²) < 4.78 is 10.4. The van der Waals surface area contributed by atoms with Crippen molar-refractivity contribution >= 4 is 18.0 Å². The first kappa shape index (κ1) is 25.5. The Hall–Kier alpha value is -4.17. The number of amides is 1. The molecule has 182 valence electrons. The molecule has 2 N–H and O–H groups in total. The molecule has 0 unspecified atom stereocenters. The lowest BCUT2D eigenvalue weighted by Gasteiger charge is -2.32. The predicted octanol–water partition coefficient (Wildman–Crippen LogP) is 3.61. The van der Waals surface area contributed by atoms with Crippen LogP contribution in [0.4, 0.5) is 4.79 Å². The molecule has 0 bridgehead atoms. The van der Waals surface area contributed by atoms with E-state index in [1.807, 2.05) is 54.6 Å². The number of hydrogen-bond donors (Lipinski definition) is 2. The molecule has 2 atom stereocenters. The maximum absolute atomic E-state index is 13.2. The molecule has 0 radical (unpaired) electrons. The van der Waals surface area contributed by atoms with E-state index in [9.17, 15) is 19.5 Å². The van der Waals surface area contributed by atoms with Crippen LogP contribution in [0.25, 0.3) is 0 Å². The lowest BCUT2D eigenvalue weighted by atomic mass is 10.0. The Balaban J connectivity index is 1.88. The average Bonchev–Trinajstić information content (AvgIpc) is 2.89. The molecular weight excluding hydrogens is 448 g/mol. The van der Waals surface area contributed by atoms with Crippen molar-refractivity contribution in [1.29, 1.82) is 0 Å². The van der Waals surface area contributed by atoms with E-state index >= 15 is 0 Å². The Morgan fingerprint density at radius 1 is 0.800 bits per heavy atom. The summed E-state index contributed by atoms with van der Waals surface area (Å²) in [6.07, 6.45) is -0.712. The number of methoxy groups -OCH3 is 1. The molecule has 3 aromatic rings. The van der Waals surface area contributed by atoms with Crippen LogP contribution in [0.5, 0.6) is 0 Å². The van der Waals surface area contributed by atoms with Crippen molar-refractivity contribution in [3.8, 4) is 0 Å². The summed E-state index contributed by atoms with van der Waals surface area (Å²) in [4.78, 5) is 38.1. The Kier molecular flexibility index (Phi) is 9.39. The highest BCUT2D eigenvalue weighted by Crippen LogP contribution is 2.14. The molecule has 0 spiro atoms. The summed E-state index contributed by atoms with van der Waals surface area (Å²) in [5.74, 6) is -1.89. The summed E-state index contributed by atoms with van der Waals surface area (Å²) in [6, 6.07) is 24.8. The van der Waals surface area contributed by atoms with Gasteiger partial charge in [0.05, 0.1) is 7.11 Å². The van der Waals surface area contributed by atoms with Crippen molar-refractivity contribution in [2.75, 3.05) is 7.11 Å². The minimum absolute atomic E-state index is 0.0481. The van der Waals surface area contributed by atoms with E-state index in [1.165, 1.54) is 7.11 Å². The average molecular weight is 477 g/mol. The summed E-state index contributed by atoms with van der Waals surface area (Å²) in [6.45, 7) is -0.0481. The first-order chi connectivity index (χ1) is 17.0. The van der Waals surface area contributed by atoms with Crippen LogP contribution >= 0.6 is 0 Å². The van der Waals surface area contributed by atoms with Gasteiger partial charge in [-0.15, -0.1) is 0 Å². The van der Waals surface area contributed by atoms with E-state index in [2.05, 4.69) is 5.43 Å². The number of nitrogens with zero attached hydrogens (tertiary/aromatic N) is 1. The monoisotopic (exact) mass is 476 g/mol. The summed E-state index contributed by atoms with van der Waals surface area (Å²) >= 11 is 0. The second-order valence-corrected chi connectivity index (χ2v) is 7.85. The highest BCUT2D eigenvalue weighted by Gasteiger charge is 2.35. The van der Waals surface area contributed by atoms with E-state index in [1.54, 1.807) is 36.4 Å². The minimum atomic E-state index is -1.20. The number of rotatable bonds is 11. The van der Waals surface area contributed by atoms with Gasteiger partial charge in [-0.25, -0.2) is 20.0 Å². The fraction of sp³-hybridized carbons (Fsp3) is 0.222. The Labute approximate surface area is 204 Å². The second-order valence-electron chi connectivity index (χ2n) is 7.85. The number of esters is 1. The fourth-order valence-corrected chi connectivity index (χ4v) is 3.52. The fourth-order valence-electron chi connectivity index (χ4n) is 3.52. The molecule has 8 nitrogen and oxygen atoms in total. The zero-order valence-corrected chi connectivity index (χ0v) is 19.4. The van der Waals surface area contributed by atoms with Crippen LogP contribution in [0.3, 0.4) is 0 Å². The standard InChI is InChI=1S/C27H28N2O6/c1-34-26(32)24(18-21-13-7-3-8-14-21)29(27(33)35-19-22-15-9-4-10-16-22)28-23(25(30)31)17-20-11-5-2-6-12-20/h2-16,23-24,28H,17-19H2,1H3,(H,30,31)/t23-,24-/m0/s1. The van der Waals surface area contributed by atoms with Gasteiger partial charge in [-0.05, 0) is 16.7 Å². The maximum Gasteiger partial charge on any atom is 0.425 e. The van der Waals surface area contributed by atoms with Gasteiger partial charge in [0.1, 0.15) is 12.6 Å². The molecule has 1 amide bonds. The summed E-state index contributed by atoms with van der Waals surface area (Å²) in [7, 11) is 1.21. The zero-order valence-electron chi connectivity index (χ0n) is 19.4. The van der Waals surface area contributed by atoms with Crippen LogP contribution in [-0.2, 0) is 38.5 Å². The van der Waals surface area contributed by atoms with E-state index < -0.39 is 30.1 Å². The van der Waals surface area contributed by atoms with Crippen molar-refractivity contribution in [3.63, 3.8) is 0 Å². The Bertz CT molecular complexity index is 1090. The second kappa shape index (κ2) is 12.9. The van der Waals surface area contributed by atoms with E-state index in [-0.39, 0.29) is 19.4 Å². The molecule has 0 aliphatic carbocycles.